The van der Waals surface area contributed by atoms with Gasteiger partial charge in [-0.3, -0.25) is 0 Å². The predicted molar refractivity (Wildman–Crippen MR) is 53.3 cm³/mol. The van der Waals surface area contributed by atoms with Crippen LogP contribution in [-0.2, 0) is 0 Å². The van der Waals surface area contributed by atoms with Gasteiger partial charge in [0.25, 0.3) is 0 Å². The normalized spacial score (nSPS) is 11.7. The molecule has 0 aliphatic carbocycles. The molecule has 1 aromatic rings. The first-order valence-corrected chi connectivity index (χ1v) is 4.90. The Hall–Kier alpha value is -1.23. The molecule has 0 aromatic carbocycles. The minimum atomic E-state index is 0.112. The average molecular weight is 197 g/mol. The molecule has 0 spiro atoms. The SMILES string of the molecule is CSc1cc(/C(N)=N/O)cc(C)n1. The first kappa shape index (κ1) is 9.85. The lowest BCUT2D eigenvalue weighted by molar-refractivity contribution is 0.318. The van der Waals surface area contributed by atoms with Crippen molar-refractivity contribution >= 4 is 17.6 Å². The lowest BCUT2D eigenvalue weighted by atomic mass is 10.2. The summed E-state index contributed by atoms with van der Waals surface area (Å²) in [5.74, 6) is 0.112. The topological polar surface area (TPSA) is 71.5 Å². The van der Waals surface area contributed by atoms with Crippen molar-refractivity contribution in [3.05, 3.63) is 23.4 Å². The Kier molecular flexibility index (Phi) is 3.13. The van der Waals surface area contributed by atoms with E-state index in [4.69, 9.17) is 10.9 Å². The van der Waals surface area contributed by atoms with Crippen molar-refractivity contribution in [2.45, 2.75) is 11.9 Å². The Morgan fingerprint density at radius 2 is 2.31 bits per heavy atom. The van der Waals surface area contributed by atoms with Gasteiger partial charge in [0, 0.05) is 11.3 Å². The Morgan fingerprint density at radius 1 is 1.62 bits per heavy atom. The lowest BCUT2D eigenvalue weighted by Gasteiger charge is -2.02. The highest BCUT2D eigenvalue weighted by Gasteiger charge is 2.02. The molecule has 13 heavy (non-hydrogen) atoms. The van der Waals surface area contributed by atoms with Gasteiger partial charge in [0.15, 0.2) is 5.84 Å². The molecule has 0 amide bonds. The van der Waals surface area contributed by atoms with E-state index in [1.165, 1.54) is 11.8 Å². The number of hydrogen-bond acceptors (Lipinski definition) is 4. The summed E-state index contributed by atoms with van der Waals surface area (Å²) in [6.07, 6.45) is 1.93. The molecule has 3 N–H and O–H groups in total. The van der Waals surface area contributed by atoms with Crippen LogP contribution in [0.15, 0.2) is 22.3 Å². The fourth-order valence-corrected chi connectivity index (χ4v) is 1.43. The van der Waals surface area contributed by atoms with Crippen LogP contribution in [0.5, 0.6) is 0 Å². The van der Waals surface area contributed by atoms with Gasteiger partial charge in [-0.2, -0.15) is 0 Å². The number of aromatic nitrogens is 1. The van der Waals surface area contributed by atoms with E-state index in [0.29, 0.717) is 5.56 Å². The summed E-state index contributed by atoms with van der Waals surface area (Å²) in [7, 11) is 0. The van der Waals surface area contributed by atoms with Crippen LogP contribution in [0, 0.1) is 6.92 Å². The van der Waals surface area contributed by atoms with Gasteiger partial charge in [0.1, 0.15) is 0 Å². The lowest BCUT2D eigenvalue weighted by Crippen LogP contribution is -2.13. The summed E-state index contributed by atoms with van der Waals surface area (Å²) < 4.78 is 0. The maximum Gasteiger partial charge on any atom is 0.170 e. The summed E-state index contributed by atoms with van der Waals surface area (Å²) in [5.41, 5.74) is 7.00. The predicted octanol–water partition coefficient (Wildman–Crippen LogP) is 1.21. The molecule has 0 saturated carbocycles. The van der Waals surface area contributed by atoms with E-state index in [1.807, 2.05) is 13.2 Å². The fourth-order valence-electron chi connectivity index (χ4n) is 0.948. The number of aryl methyl sites for hydroxylation is 1. The number of amidine groups is 1. The fraction of sp³-hybridized carbons (Fsp3) is 0.250. The third-order valence-electron chi connectivity index (χ3n) is 1.54. The molecule has 0 radical (unpaired) electrons. The zero-order valence-corrected chi connectivity index (χ0v) is 8.30. The molecule has 1 aromatic heterocycles. The second kappa shape index (κ2) is 4.13. The molecular formula is C8H11N3OS. The van der Waals surface area contributed by atoms with Crippen LogP contribution in [-0.4, -0.2) is 22.3 Å². The van der Waals surface area contributed by atoms with Crippen LogP contribution in [0.2, 0.25) is 0 Å². The molecule has 0 saturated heterocycles. The number of oxime groups is 1. The summed E-state index contributed by atoms with van der Waals surface area (Å²) in [4.78, 5) is 4.24. The summed E-state index contributed by atoms with van der Waals surface area (Å²) in [6, 6.07) is 3.56. The molecule has 70 valence electrons. The minimum Gasteiger partial charge on any atom is -0.409 e. The van der Waals surface area contributed by atoms with Crippen LogP contribution in [0.1, 0.15) is 11.3 Å². The van der Waals surface area contributed by atoms with E-state index in [-0.39, 0.29) is 5.84 Å². The third-order valence-corrected chi connectivity index (χ3v) is 2.17. The van der Waals surface area contributed by atoms with Crippen LogP contribution in [0.4, 0.5) is 0 Å². The van der Waals surface area contributed by atoms with Crippen molar-refractivity contribution in [2.24, 2.45) is 10.9 Å². The first-order chi connectivity index (χ1) is 6.17. The summed E-state index contributed by atoms with van der Waals surface area (Å²) in [6.45, 7) is 1.87. The molecular weight excluding hydrogens is 186 g/mol. The van der Waals surface area contributed by atoms with E-state index >= 15 is 0 Å². The summed E-state index contributed by atoms with van der Waals surface area (Å²) >= 11 is 1.52. The van der Waals surface area contributed by atoms with Gasteiger partial charge in [-0.15, -0.1) is 11.8 Å². The van der Waals surface area contributed by atoms with Gasteiger partial charge in [0.05, 0.1) is 5.03 Å². The number of thioether (sulfide) groups is 1. The Morgan fingerprint density at radius 3 is 2.85 bits per heavy atom. The second-order valence-corrected chi connectivity index (χ2v) is 3.35. The Bertz CT molecular complexity index is 338. The minimum absolute atomic E-state index is 0.112. The molecule has 0 fully saturated rings. The zero-order valence-electron chi connectivity index (χ0n) is 7.48. The number of nitrogens with zero attached hydrogens (tertiary/aromatic N) is 2. The van der Waals surface area contributed by atoms with E-state index < -0.39 is 0 Å². The van der Waals surface area contributed by atoms with E-state index in [1.54, 1.807) is 12.1 Å². The molecule has 1 heterocycles. The quantitative estimate of drug-likeness (QED) is 0.246. The van der Waals surface area contributed by atoms with Gasteiger partial charge in [-0.1, -0.05) is 5.16 Å². The van der Waals surface area contributed by atoms with Gasteiger partial charge in [-0.25, -0.2) is 4.98 Å². The van der Waals surface area contributed by atoms with Crippen molar-refractivity contribution in [1.82, 2.24) is 4.98 Å². The van der Waals surface area contributed by atoms with Gasteiger partial charge in [0.2, 0.25) is 0 Å². The third kappa shape index (κ3) is 2.35. The molecule has 0 aliphatic rings. The van der Waals surface area contributed by atoms with Crippen LogP contribution >= 0.6 is 11.8 Å². The Balaban J connectivity index is 3.16. The smallest absolute Gasteiger partial charge is 0.170 e. The van der Waals surface area contributed by atoms with Crippen molar-refractivity contribution < 1.29 is 5.21 Å². The molecule has 0 bridgehead atoms. The monoisotopic (exact) mass is 197 g/mol. The highest BCUT2D eigenvalue weighted by molar-refractivity contribution is 7.98. The number of pyridine rings is 1. The van der Waals surface area contributed by atoms with Crippen molar-refractivity contribution in [2.75, 3.05) is 6.26 Å². The zero-order chi connectivity index (χ0) is 9.84. The van der Waals surface area contributed by atoms with Crippen LogP contribution < -0.4 is 5.73 Å². The number of hydrogen-bond donors (Lipinski definition) is 2. The highest BCUT2D eigenvalue weighted by atomic mass is 32.2. The molecule has 0 atom stereocenters. The largest absolute Gasteiger partial charge is 0.409 e. The Labute approximate surface area is 80.9 Å². The average Bonchev–Trinajstić information content (AvgIpc) is 2.15. The molecule has 0 aliphatic heterocycles. The second-order valence-electron chi connectivity index (χ2n) is 2.52. The van der Waals surface area contributed by atoms with Crippen LogP contribution in [0.3, 0.4) is 0 Å². The van der Waals surface area contributed by atoms with Gasteiger partial charge < -0.3 is 10.9 Å². The molecule has 5 heteroatoms. The van der Waals surface area contributed by atoms with E-state index in [0.717, 1.165) is 10.7 Å². The molecule has 0 unspecified atom stereocenters. The number of nitrogens with two attached hydrogens (primary N) is 1. The first-order valence-electron chi connectivity index (χ1n) is 3.68. The van der Waals surface area contributed by atoms with Crippen molar-refractivity contribution in [1.29, 1.82) is 0 Å². The maximum atomic E-state index is 8.48. The number of rotatable bonds is 2. The van der Waals surface area contributed by atoms with E-state index in [2.05, 4.69) is 10.1 Å². The van der Waals surface area contributed by atoms with Crippen molar-refractivity contribution in [3.63, 3.8) is 0 Å². The standard InChI is InChI=1S/C8H11N3OS/c1-5-3-6(8(9)11-12)4-7(10-5)13-2/h3-4,12H,1-2H3,(H2,9,11). The van der Waals surface area contributed by atoms with Crippen molar-refractivity contribution in [3.8, 4) is 0 Å². The molecule has 4 nitrogen and oxygen atoms in total. The highest BCUT2D eigenvalue weighted by Crippen LogP contribution is 2.14. The van der Waals surface area contributed by atoms with Gasteiger partial charge in [-0.05, 0) is 25.3 Å². The van der Waals surface area contributed by atoms with Crippen LogP contribution in [0.25, 0.3) is 0 Å². The van der Waals surface area contributed by atoms with E-state index in [9.17, 15) is 0 Å². The maximum absolute atomic E-state index is 8.48. The van der Waals surface area contributed by atoms with Gasteiger partial charge >= 0.3 is 0 Å². The summed E-state index contributed by atoms with van der Waals surface area (Å²) in [5, 5.41) is 12.3. The molecule has 1 rings (SSSR count).